The lowest BCUT2D eigenvalue weighted by atomic mass is 10.2. The molecule has 14 heavy (non-hydrogen) atoms. The Morgan fingerprint density at radius 3 is 2.43 bits per heavy atom. The maximum absolute atomic E-state index is 10.9. The van der Waals surface area contributed by atoms with Gasteiger partial charge in [0, 0.05) is 0 Å². The molecule has 0 spiro atoms. The van der Waals surface area contributed by atoms with Crippen LogP contribution in [-0.4, -0.2) is 40.8 Å². The van der Waals surface area contributed by atoms with Gasteiger partial charge in [0.1, 0.15) is 6.10 Å². The minimum atomic E-state index is -1.65. The first-order valence-corrected chi connectivity index (χ1v) is 4.20. The van der Waals surface area contributed by atoms with Crippen molar-refractivity contribution in [2.75, 3.05) is 6.61 Å². The van der Waals surface area contributed by atoms with E-state index in [0.717, 1.165) is 12.2 Å². The van der Waals surface area contributed by atoms with Gasteiger partial charge >= 0.3 is 5.97 Å². The molecule has 0 aromatic heterocycles. The van der Waals surface area contributed by atoms with Crippen LogP contribution in [-0.2, 0) is 14.3 Å². The van der Waals surface area contributed by atoms with Gasteiger partial charge in [-0.05, 0) is 26.0 Å². The number of carbonyl (C=O) groups is 2. The van der Waals surface area contributed by atoms with E-state index < -0.39 is 18.2 Å². The highest BCUT2D eigenvalue weighted by molar-refractivity contribution is 5.87. The molecule has 2 N–H and O–H groups in total. The second-order valence-electron chi connectivity index (χ2n) is 2.66. The van der Waals surface area contributed by atoms with Gasteiger partial charge in [-0.25, -0.2) is 4.79 Å². The van der Waals surface area contributed by atoms with E-state index in [1.54, 1.807) is 6.92 Å². The highest BCUT2D eigenvalue weighted by Crippen LogP contribution is 1.98. The Kier molecular flexibility index (Phi) is 5.74. The number of carbonyl (C=O) groups excluding carboxylic acids is 2. The monoisotopic (exact) mass is 202 g/mol. The zero-order valence-corrected chi connectivity index (χ0v) is 8.14. The topological polar surface area (TPSA) is 83.8 Å². The van der Waals surface area contributed by atoms with E-state index >= 15 is 0 Å². The van der Waals surface area contributed by atoms with Crippen molar-refractivity contribution < 1.29 is 24.5 Å². The fraction of sp³-hybridized carbons (Fsp3) is 0.556. The Bertz CT molecular complexity index is 233. The molecule has 0 unspecified atom stereocenters. The molecule has 0 aliphatic heterocycles. The van der Waals surface area contributed by atoms with Crippen LogP contribution in [0.3, 0.4) is 0 Å². The summed E-state index contributed by atoms with van der Waals surface area (Å²) >= 11 is 0. The Balaban J connectivity index is 4.17. The fourth-order valence-corrected chi connectivity index (χ4v) is 0.706. The van der Waals surface area contributed by atoms with Gasteiger partial charge in [0.15, 0.2) is 11.9 Å². The molecule has 0 aromatic carbocycles. The summed E-state index contributed by atoms with van der Waals surface area (Å²) in [6.45, 7) is 3.00. The Labute approximate surface area is 82.0 Å². The molecule has 0 aliphatic carbocycles. The first kappa shape index (κ1) is 12.8. The Morgan fingerprint density at radius 2 is 2.00 bits per heavy atom. The van der Waals surface area contributed by atoms with E-state index in [1.165, 1.54) is 6.92 Å². The van der Waals surface area contributed by atoms with Crippen molar-refractivity contribution in [1.82, 2.24) is 0 Å². The van der Waals surface area contributed by atoms with E-state index in [0.29, 0.717) is 0 Å². The lowest BCUT2D eigenvalue weighted by Gasteiger charge is -2.12. The van der Waals surface area contributed by atoms with Crippen molar-refractivity contribution in [3.63, 3.8) is 0 Å². The van der Waals surface area contributed by atoms with Gasteiger partial charge in [0.05, 0.1) is 6.61 Å². The molecule has 0 fully saturated rings. The molecule has 80 valence electrons. The zero-order chi connectivity index (χ0) is 11.1. The van der Waals surface area contributed by atoms with Crippen LogP contribution < -0.4 is 0 Å². The molecule has 0 aliphatic rings. The van der Waals surface area contributed by atoms with Crippen molar-refractivity contribution in [3.05, 3.63) is 12.2 Å². The average Bonchev–Trinajstić information content (AvgIpc) is 2.13. The molecular weight excluding hydrogens is 188 g/mol. The molecule has 5 nitrogen and oxygen atoms in total. The van der Waals surface area contributed by atoms with Crippen LogP contribution in [0.5, 0.6) is 0 Å². The normalized spacial score (nSPS) is 15.1. The molecule has 0 amide bonds. The molecule has 0 saturated heterocycles. The van der Waals surface area contributed by atoms with Crippen molar-refractivity contribution in [3.8, 4) is 0 Å². The molecule has 0 heterocycles. The SMILES string of the molecule is CCOC(=O)[C@H](O)[C@@H](O)/C=C/C(C)=O. The van der Waals surface area contributed by atoms with Crippen LogP contribution in [0, 0.1) is 0 Å². The van der Waals surface area contributed by atoms with Crippen molar-refractivity contribution >= 4 is 11.8 Å². The molecule has 0 rings (SSSR count). The van der Waals surface area contributed by atoms with Crippen molar-refractivity contribution in [2.45, 2.75) is 26.1 Å². The van der Waals surface area contributed by atoms with Gasteiger partial charge in [-0.3, -0.25) is 4.79 Å². The van der Waals surface area contributed by atoms with Crippen LogP contribution in [0.4, 0.5) is 0 Å². The molecule has 0 aromatic rings. The number of rotatable bonds is 5. The zero-order valence-electron chi connectivity index (χ0n) is 8.14. The van der Waals surface area contributed by atoms with E-state index in [2.05, 4.69) is 4.74 Å². The summed E-state index contributed by atoms with van der Waals surface area (Å²) in [6.07, 6.45) is -0.944. The summed E-state index contributed by atoms with van der Waals surface area (Å²) < 4.78 is 4.46. The Hall–Kier alpha value is -1.20. The van der Waals surface area contributed by atoms with Gasteiger partial charge < -0.3 is 14.9 Å². The molecular formula is C9H14O5. The summed E-state index contributed by atoms with van der Waals surface area (Å²) in [5.41, 5.74) is 0. The average molecular weight is 202 g/mol. The molecule has 0 radical (unpaired) electrons. The largest absolute Gasteiger partial charge is 0.464 e. The van der Waals surface area contributed by atoms with Gasteiger partial charge in [-0.15, -0.1) is 0 Å². The number of aliphatic hydroxyl groups is 2. The number of ether oxygens (including phenoxy) is 1. The minimum absolute atomic E-state index is 0.124. The Morgan fingerprint density at radius 1 is 1.43 bits per heavy atom. The first-order valence-electron chi connectivity index (χ1n) is 4.20. The number of aliphatic hydroxyl groups excluding tert-OH is 2. The van der Waals surface area contributed by atoms with Crippen LogP contribution in [0.2, 0.25) is 0 Å². The summed E-state index contributed by atoms with van der Waals surface area (Å²) in [5, 5.41) is 18.3. The van der Waals surface area contributed by atoms with E-state index in [9.17, 15) is 14.7 Å². The lowest BCUT2D eigenvalue weighted by molar-refractivity contribution is -0.157. The van der Waals surface area contributed by atoms with Crippen LogP contribution in [0.25, 0.3) is 0 Å². The smallest absolute Gasteiger partial charge is 0.338 e. The van der Waals surface area contributed by atoms with Crippen LogP contribution >= 0.6 is 0 Å². The third-order valence-corrected chi connectivity index (χ3v) is 1.38. The van der Waals surface area contributed by atoms with Crippen molar-refractivity contribution in [2.24, 2.45) is 0 Å². The van der Waals surface area contributed by atoms with Gasteiger partial charge in [-0.2, -0.15) is 0 Å². The van der Waals surface area contributed by atoms with E-state index in [4.69, 9.17) is 5.11 Å². The highest BCUT2D eigenvalue weighted by Gasteiger charge is 2.23. The van der Waals surface area contributed by atoms with Gasteiger partial charge in [0.2, 0.25) is 0 Å². The molecule has 0 bridgehead atoms. The lowest BCUT2D eigenvalue weighted by Crippen LogP contribution is -2.34. The summed E-state index contributed by atoms with van der Waals surface area (Å²) in [5.74, 6) is -1.19. The second-order valence-corrected chi connectivity index (χ2v) is 2.66. The van der Waals surface area contributed by atoms with Crippen LogP contribution in [0.1, 0.15) is 13.8 Å². The van der Waals surface area contributed by atoms with Gasteiger partial charge in [-0.1, -0.05) is 0 Å². The predicted octanol–water partition coefficient (Wildman–Crippen LogP) is -0.584. The standard InChI is InChI=1S/C9H14O5/c1-3-14-9(13)8(12)7(11)5-4-6(2)10/h4-5,7-8,11-12H,3H2,1-2H3/b5-4+/t7-,8+/m0/s1. The van der Waals surface area contributed by atoms with Crippen molar-refractivity contribution in [1.29, 1.82) is 0 Å². The maximum Gasteiger partial charge on any atom is 0.338 e. The number of hydrogen-bond acceptors (Lipinski definition) is 5. The quantitative estimate of drug-likeness (QED) is 0.460. The molecule has 0 saturated carbocycles. The summed E-state index contributed by atoms with van der Waals surface area (Å²) in [4.78, 5) is 21.3. The minimum Gasteiger partial charge on any atom is -0.464 e. The number of hydrogen-bond donors (Lipinski definition) is 2. The third-order valence-electron chi connectivity index (χ3n) is 1.38. The fourth-order valence-electron chi connectivity index (χ4n) is 0.706. The highest BCUT2D eigenvalue weighted by atomic mass is 16.5. The molecule has 2 atom stereocenters. The van der Waals surface area contributed by atoms with E-state index in [1.807, 2.05) is 0 Å². The van der Waals surface area contributed by atoms with Gasteiger partial charge in [0.25, 0.3) is 0 Å². The van der Waals surface area contributed by atoms with Crippen LogP contribution in [0.15, 0.2) is 12.2 Å². The number of esters is 1. The number of allylic oxidation sites excluding steroid dienone is 1. The summed E-state index contributed by atoms with van der Waals surface area (Å²) in [7, 11) is 0. The third kappa shape index (κ3) is 4.74. The maximum atomic E-state index is 10.9. The summed E-state index contributed by atoms with van der Waals surface area (Å²) in [6, 6.07) is 0. The second kappa shape index (κ2) is 6.28. The first-order chi connectivity index (χ1) is 6.49. The number of ketones is 1. The van der Waals surface area contributed by atoms with E-state index in [-0.39, 0.29) is 12.4 Å². The predicted molar refractivity (Wildman–Crippen MR) is 48.5 cm³/mol. The molecule has 5 heteroatoms.